The Morgan fingerprint density at radius 3 is 2.32 bits per heavy atom. The molecule has 1 radical (unpaired) electrons. The van der Waals surface area contributed by atoms with Crippen LogP contribution in [0.25, 0.3) is 5.69 Å². The average Bonchev–Trinajstić information content (AvgIpc) is 2.79. The second kappa shape index (κ2) is 7.57. The smallest absolute Gasteiger partial charge is 0.350 e. The van der Waals surface area contributed by atoms with E-state index in [9.17, 15) is 18.4 Å². The number of hydrogen-bond donors (Lipinski definition) is 1. The molecule has 2 rings (SSSR count). The van der Waals surface area contributed by atoms with Gasteiger partial charge in [-0.15, -0.1) is 0 Å². The van der Waals surface area contributed by atoms with Gasteiger partial charge in [-0.25, -0.2) is 4.68 Å². The van der Waals surface area contributed by atoms with Gasteiger partial charge in [-0.3, -0.25) is 4.90 Å². The van der Waals surface area contributed by atoms with Crippen LogP contribution in [-0.4, -0.2) is 28.8 Å². The Balaban J connectivity index is 2.64. The highest BCUT2D eigenvalue weighted by Gasteiger charge is 2.33. The first-order chi connectivity index (χ1) is 11.6. The molecule has 0 bridgehead atoms. The van der Waals surface area contributed by atoms with Crippen molar-refractivity contribution in [2.24, 2.45) is 0 Å². The Bertz CT molecular complexity index is 819. The van der Waals surface area contributed by atoms with Crippen LogP contribution in [-0.2, 0) is 6.18 Å². The number of halogens is 6. The zero-order valence-electron chi connectivity index (χ0n) is 12.8. The predicted molar refractivity (Wildman–Crippen MR) is 97.6 cm³/mol. The first-order valence-electron chi connectivity index (χ1n) is 6.57. The summed E-state index contributed by atoms with van der Waals surface area (Å²) < 4.78 is 40.4. The van der Waals surface area contributed by atoms with Crippen molar-refractivity contribution in [3.8, 4) is 11.8 Å². The van der Waals surface area contributed by atoms with E-state index in [0.717, 1.165) is 12.1 Å². The molecule has 1 aromatic heterocycles. The Labute approximate surface area is 165 Å². The highest BCUT2D eigenvalue weighted by molar-refractivity contribution is 14.1. The van der Waals surface area contributed by atoms with Gasteiger partial charge in [-0.05, 0) is 48.8 Å². The van der Waals surface area contributed by atoms with E-state index in [0.29, 0.717) is 9.39 Å². The van der Waals surface area contributed by atoms with Crippen LogP contribution in [0.3, 0.4) is 0 Å². The molecule has 11 heteroatoms. The van der Waals surface area contributed by atoms with Crippen LogP contribution in [0, 0.1) is 21.6 Å². The lowest BCUT2D eigenvalue weighted by atomic mass is 10.2. The van der Waals surface area contributed by atoms with E-state index in [-0.39, 0.29) is 21.4 Å². The first-order valence-corrected chi connectivity index (χ1v) is 8.41. The third-order valence-corrected chi connectivity index (χ3v) is 4.55. The summed E-state index contributed by atoms with van der Waals surface area (Å²) in [5.41, 5.74) is -0.837. The van der Waals surface area contributed by atoms with Crippen LogP contribution in [0.4, 0.5) is 19.0 Å². The number of nitrogens with zero attached hydrogens (tertiary/aromatic N) is 4. The van der Waals surface area contributed by atoms with Crippen LogP contribution in [0.1, 0.15) is 11.3 Å². The van der Waals surface area contributed by atoms with Crippen LogP contribution in [0.15, 0.2) is 12.1 Å². The number of hydrogen-bond acceptors (Lipinski definition) is 4. The van der Waals surface area contributed by atoms with Gasteiger partial charge in [0, 0.05) is 0 Å². The molecule has 0 fully saturated rings. The van der Waals surface area contributed by atoms with Gasteiger partial charge in [0.05, 0.1) is 19.2 Å². The molecule has 0 unspecified atom stereocenters. The second-order valence-electron chi connectivity index (χ2n) is 5.06. The molecule has 0 spiro atoms. The normalized spacial score (nSPS) is 11.7. The summed E-state index contributed by atoms with van der Waals surface area (Å²) in [6, 6.07) is 3.45. The van der Waals surface area contributed by atoms with Crippen molar-refractivity contribution in [1.29, 1.82) is 5.26 Å². The van der Waals surface area contributed by atoms with Gasteiger partial charge in [-0.1, -0.05) is 23.2 Å². The number of nitrogens with one attached hydrogen (secondary N) is 1. The first kappa shape index (κ1) is 20.1. The zero-order chi connectivity index (χ0) is 18.9. The molecule has 133 valence electrons. The molecule has 0 atom stereocenters. The summed E-state index contributed by atoms with van der Waals surface area (Å²) >= 11 is 14.0. The molecule has 0 aliphatic heterocycles. The topological polar surface area (TPSA) is 56.9 Å². The molecule has 1 heterocycles. The van der Waals surface area contributed by atoms with Crippen molar-refractivity contribution in [3.63, 3.8) is 0 Å². The third kappa shape index (κ3) is 4.31. The quantitative estimate of drug-likeness (QED) is 0.612. The summed E-state index contributed by atoms with van der Waals surface area (Å²) in [7, 11) is 3.54. The van der Waals surface area contributed by atoms with Gasteiger partial charge in [0.2, 0.25) is 0 Å². The molecule has 2 aromatic rings. The Morgan fingerprint density at radius 2 is 1.88 bits per heavy atom. The fourth-order valence-corrected chi connectivity index (χ4v) is 3.14. The molecule has 5 nitrogen and oxygen atoms in total. The maximum Gasteiger partial charge on any atom is 0.416 e. The molecule has 0 saturated carbocycles. The van der Waals surface area contributed by atoms with Gasteiger partial charge in [-0.2, -0.15) is 23.5 Å². The maximum atomic E-state index is 12.9. The molecule has 1 aromatic carbocycles. The minimum Gasteiger partial charge on any atom is -0.350 e. The predicted octanol–water partition coefficient (Wildman–Crippen LogP) is 4.77. The molecule has 1 N–H and O–H groups in total. The van der Waals surface area contributed by atoms with Gasteiger partial charge < -0.3 is 5.32 Å². The number of aromatic nitrogens is 2. The zero-order valence-corrected chi connectivity index (χ0v) is 16.5. The summed E-state index contributed by atoms with van der Waals surface area (Å²) in [6.45, 7) is 1.59. The van der Waals surface area contributed by atoms with Crippen molar-refractivity contribution >= 4 is 51.6 Å². The van der Waals surface area contributed by atoms with Gasteiger partial charge >= 0.3 is 6.18 Å². The van der Waals surface area contributed by atoms with Crippen LogP contribution in [0.2, 0.25) is 10.0 Å². The van der Waals surface area contributed by atoms with Crippen molar-refractivity contribution in [3.05, 3.63) is 43.7 Å². The summed E-state index contributed by atoms with van der Waals surface area (Å²) in [6.07, 6.45) is -4.58. The van der Waals surface area contributed by atoms with Gasteiger partial charge in [0.25, 0.3) is 0 Å². The Hall–Kier alpha value is -1.22. The minimum absolute atomic E-state index is 0.0467. The van der Waals surface area contributed by atoms with E-state index in [2.05, 4.69) is 10.4 Å². The molecular formula is C14H10Cl2F3IN5. The van der Waals surface area contributed by atoms with Crippen LogP contribution < -0.4 is 5.32 Å². The molecule has 0 amide bonds. The third-order valence-electron chi connectivity index (χ3n) is 2.95. The largest absolute Gasteiger partial charge is 0.416 e. The number of rotatable bonds is 4. The van der Waals surface area contributed by atoms with E-state index in [4.69, 9.17) is 23.2 Å². The molecule has 0 aliphatic rings. The summed E-state index contributed by atoms with van der Waals surface area (Å²) in [5, 5.41) is 15.7. The molecule has 0 aliphatic carbocycles. The van der Waals surface area contributed by atoms with E-state index in [1.807, 2.05) is 28.7 Å². The van der Waals surface area contributed by atoms with Crippen molar-refractivity contribution < 1.29 is 13.2 Å². The number of alkyl halides is 3. The molecule has 25 heavy (non-hydrogen) atoms. The maximum absolute atomic E-state index is 12.9. The minimum atomic E-state index is -4.58. The molecular weight excluding hydrogens is 493 g/mol. The van der Waals surface area contributed by atoms with Crippen LogP contribution >= 0.6 is 45.8 Å². The summed E-state index contributed by atoms with van der Waals surface area (Å²) in [5.74, 6) is 0.356. The monoisotopic (exact) mass is 502 g/mol. The second-order valence-corrected chi connectivity index (χ2v) is 6.95. The van der Waals surface area contributed by atoms with E-state index < -0.39 is 11.7 Å². The fourth-order valence-electron chi connectivity index (χ4n) is 1.88. The standard InChI is InChI=1S/C14H10Cl2F3IN5/c1-24(2)6-22-13-11(20)10(5-21)23-25(13)12-8(15)3-7(4-9(12)16)14(17,18)19/h3-4,6,22H,1-2H3. The fraction of sp³-hybridized carbons (Fsp3) is 0.214. The van der Waals surface area contributed by atoms with E-state index in [1.54, 1.807) is 25.7 Å². The highest BCUT2D eigenvalue weighted by atomic mass is 127. The lowest BCUT2D eigenvalue weighted by Crippen LogP contribution is -2.16. The van der Waals surface area contributed by atoms with E-state index in [1.165, 1.54) is 4.68 Å². The van der Waals surface area contributed by atoms with Crippen molar-refractivity contribution in [2.75, 3.05) is 19.4 Å². The number of benzene rings is 1. The van der Waals surface area contributed by atoms with Gasteiger partial charge in [0.15, 0.2) is 5.69 Å². The van der Waals surface area contributed by atoms with Gasteiger partial charge in [0.1, 0.15) is 24.2 Å². The van der Waals surface area contributed by atoms with Crippen LogP contribution in [0.5, 0.6) is 0 Å². The summed E-state index contributed by atoms with van der Waals surface area (Å²) in [4.78, 5) is 1.70. The average molecular weight is 503 g/mol. The number of anilines is 1. The van der Waals surface area contributed by atoms with Crippen molar-refractivity contribution in [2.45, 2.75) is 6.18 Å². The molecule has 0 saturated heterocycles. The number of nitriles is 1. The SMILES string of the molecule is CN(C)[CH]Nc1c(I)c(C#N)nn1-c1c(Cl)cc(C(F)(F)F)cc1Cl. The Morgan fingerprint density at radius 1 is 1.32 bits per heavy atom. The van der Waals surface area contributed by atoms with E-state index >= 15 is 0 Å². The lowest BCUT2D eigenvalue weighted by Gasteiger charge is -2.16. The highest BCUT2D eigenvalue weighted by Crippen LogP contribution is 2.39. The Kier molecular flexibility index (Phi) is 6.09. The van der Waals surface area contributed by atoms with Crippen molar-refractivity contribution in [1.82, 2.24) is 14.7 Å². The lowest BCUT2D eigenvalue weighted by molar-refractivity contribution is -0.137.